The third kappa shape index (κ3) is 7.04. The maximum Gasteiger partial charge on any atom is 0.417 e. The molecule has 3 aromatic rings. The maximum absolute atomic E-state index is 13.3. The first-order valence-electron chi connectivity index (χ1n) is 12.3. The number of alkyl halides is 3. The van der Waals surface area contributed by atoms with Gasteiger partial charge in [-0.3, -0.25) is 4.79 Å². The zero-order valence-corrected chi connectivity index (χ0v) is 21.5. The van der Waals surface area contributed by atoms with Crippen LogP contribution in [0.1, 0.15) is 24.5 Å². The number of likely N-dealkylation sites (N-methyl/N-ethyl adjacent to an activating group) is 1. The summed E-state index contributed by atoms with van der Waals surface area (Å²) >= 11 is 0. The van der Waals surface area contributed by atoms with Gasteiger partial charge in [0.25, 0.3) is 0 Å². The van der Waals surface area contributed by atoms with E-state index in [0.29, 0.717) is 60.0 Å². The number of hydrogen-bond acceptors (Lipinski definition) is 7. The third-order valence-electron chi connectivity index (χ3n) is 6.15. The lowest BCUT2D eigenvalue weighted by Crippen LogP contribution is -2.19. The molecule has 0 unspecified atom stereocenters. The summed E-state index contributed by atoms with van der Waals surface area (Å²) < 4.78 is 51.4. The SMILES string of the molecule is C#Cc1cc(Nc2ncnc3cc(O[C@H]4CCOC4)c(NC(=O)/C=C/CN(C)CC)cc23)ccc1C(F)(F)F. The second kappa shape index (κ2) is 12.1. The predicted octanol–water partition coefficient (Wildman–Crippen LogP) is 4.99. The number of anilines is 3. The fourth-order valence-corrected chi connectivity index (χ4v) is 3.93. The summed E-state index contributed by atoms with van der Waals surface area (Å²) in [7, 11) is 1.94. The van der Waals surface area contributed by atoms with Crippen LogP contribution in [0.5, 0.6) is 5.75 Å². The summed E-state index contributed by atoms with van der Waals surface area (Å²) in [6.07, 6.45) is 5.82. The van der Waals surface area contributed by atoms with Crippen LogP contribution in [0.4, 0.5) is 30.4 Å². The van der Waals surface area contributed by atoms with Crippen LogP contribution in [-0.4, -0.2) is 60.2 Å². The van der Waals surface area contributed by atoms with Crippen molar-refractivity contribution in [3.63, 3.8) is 0 Å². The fraction of sp³-hybridized carbons (Fsp3) is 0.321. The molecule has 1 aromatic heterocycles. The van der Waals surface area contributed by atoms with Crippen molar-refractivity contribution in [2.24, 2.45) is 0 Å². The van der Waals surface area contributed by atoms with Crippen LogP contribution in [0, 0.1) is 12.3 Å². The van der Waals surface area contributed by atoms with Gasteiger partial charge in [0.15, 0.2) is 0 Å². The largest absolute Gasteiger partial charge is 0.486 e. The molecule has 0 radical (unpaired) electrons. The molecule has 1 aliphatic rings. The highest BCUT2D eigenvalue weighted by atomic mass is 19.4. The Kier molecular flexibility index (Phi) is 8.69. The Balaban J connectivity index is 1.68. The van der Waals surface area contributed by atoms with Crippen LogP contribution in [0.25, 0.3) is 10.9 Å². The Bertz CT molecular complexity index is 1410. The van der Waals surface area contributed by atoms with Gasteiger partial charge < -0.3 is 25.0 Å². The number of benzene rings is 2. The van der Waals surface area contributed by atoms with E-state index in [4.69, 9.17) is 15.9 Å². The number of carbonyl (C=O) groups excluding carboxylic acids is 1. The zero-order valence-electron chi connectivity index (χ0n) is 21.5. The minimum Gasteiger partial charge on any atom is -0.486 e. The molecule has 11 heteroatoms. The minimum atomic E-state index is -4.57. The van der Waals surface area contributed by atoms with E-state index in [9.17, 15) is 18.0 Å². The first-order valence-corrected chi connectivity index (χ1v) is 12.3. The number of fused-ring (bicyclic) bond motifs is 1. The van der Waals surface area contributed by atoms with E-state index in [-0.39, 0.29) is 17.6 Å². The fourth-order valence-electron chi connectivity index (χ4n) is 3.93. The van der Waals surface area contributed by atoms with E-state index in [1.54, 1.807) is 18.2 Å². The Morgan fingerprint density at radius 2 is 2.13 bits per heavy atom. The monoisotopic (exact) mass is 539 g/mol. The molecule has 0 bridgehead atoms. The third-order valence-corrected chi connectivity index (χ3v) is 6.15. The molecule has 1 aliphatic heterocycles. The van der Waals surface area contributed by atoms with Crippen LogP contribution in [0.2, 0.25) is 0 Å². The first kappa shape index (κ1) is 27.9. The second-order valence-corrected chi connectivity index (χ2v) is 8.97. The van der Waals surface area contributed by atoms with Crippen molar-refractivity contribution < 1.29 is 27.4 Å². The summed E-state index contributed by atoms with van der Waals surface area (Å²) in [6, 6.07) is 6.78. The van der Waals surface area contributed by atoms with Crippen LogP contribution in [-0.2, 0) is 15.7 Å². The van der Waals surface area contributed by atoms with E-state index < -0.39 is 11.7 Å². The van der Waals surface area contributed by atoms with Gasteiger partial charge in [0.05, 0.1) is 30.0 Å². The van der Waals surface area contributed by atoms with Gasteiger partial charge in [-0.1, -0.05) is 18.9 Å². The van der Waals surface area contributed by atoms with E-state index in [1.807, 2.05) is 18.9 Å². The van der Waals surface area contributed by atoms with Gasteiger partial charge in [0.1, 0.15) is 24.0 Å². The van der Waals surface area contributed by atoms with Gasteiger partial charge in [-0.2, -0.15) is 13.2 Å². The quantitative estimate of drug-likeness (QED) is 0.293. The van der Waals surface area contributed by atoms with Gasteiger partial charge in [-0.05, 0) is 37.9 Å². The van der Waals surface area contributed by atoms with Crippen molar-refractivity contribution in [1.29, 1.82) is 0 Å². The van der Waals surface area contributed by atoms with Crippen LogP contribution in [0.3, 0.4) is 0 Å². The van der Waals surface area contributed by atoms with Crippen molar-refractivity contribution >= 4 is 34.0 Å². The van der Waals surface area contributed by atoms with Crippen LogP contribution >= 0.6 is 0 Å². The molecule has 39 heavy (non-hydrogen) atoms. The lowest BCUT2D eigenvalue weighted by Gasteiger charge is -2.18. The standard InChI is InChI=1S/C28H28F3N5O3/c1-4-18-13-19(8-9-22(18)28(29,30)31)34-27-21-14-24(35-26(37)7-6-11-36(3)5-2)25(15-23(21)32-17-33-27)39-20-10-12-38-16-20/h1,6-9,13-15,17,20H,5,10-12,16H2,2-3H3,(H,35,37)(H,32,33,34)/b7-6+/t20-/m0/s1. The predicted molar refractivity (Wildman–Crippen MR) is 143 cm³/mol. The van der Waals surface area contributed by atoms with Crippen LogP contribution < -0.4 is 15.4 Å². The topological polar surface area (TPSA) is 88.6 Å². The number of aromatic nitrogens is 2. The highest BCUT2D eigenvalue weighted by Gasteiger charge is 2.33. The Hall–Kier alpha value is -4.14. The van der Waals surface area contributed by atoms with Gasteiger partial charge in [0.2, 0.25) is 5.91 Å². The number of terminal acetylenes is 1. The molecular weight excluding hydrogens is 511 g/mol. The minimum absolute atomic E-state index is 0.180. The molecule has 1 fully saturated rings. The van der Waals surface area contributed by atoms with Crippen molar-refractivity contribution in [1.82, 2.24) is 14.9 Å². The maximum atomic E-state index is 13.3. The number of halogens is 3. The average Bonchev–Trinajstić information content (AvgIpc) is 3.41. The number of nitrogens with one attached hydrogen (secondary N) is 2. The van der Waals surface area contributed by atoms with E-state index in [0.717, 1.165) is 12.6 Å². The summed E-state index contributed by atoms with van der Waals surface area (Å²) in [6.45, 7) is 4.48. The molecule has 2 heterocycles. The Morgan fingerprint density at radius 1 is 1.31 bits per heavy atom. The zero-order chi connectivity index (χ0) is 28.0. The lowest BCUT2D eigenvalue weighted by atomic mass is 10.1. The highest BCUT2D eigenvalue weighted by Crippen LogP contribution is 2.36. The molecule has 0 spiro atoms. The summed E-state index contributed by atoms with van der Waals surface area (Å²) in [5.41, 5.74) is 0.0109. The number of hydrogen-bond donors (Lipinski definition) is 2. The molecule has 0 saturated carbocycles. The Labute approximate surface area is 224 Å². The molecule has 0 aliphatic carbocycles. The molecule has 8 nitrogen and oxygen atoms in total. The van der Waals surface area contributed by atoms with Crippen molar-refractivity contribution in [2.75, 3.05) is 44.0 Å². The van der Waals surface area contributed by atoms with E-state index >= 15 is 0 Å². The van der Waals surface area contributed by atoms with Gasteiger partial charge in [0, 0.05) is 41.7 Å². The second-order valence-electron chi connectivity index (χ2n) is 8.97. The molecule has 1 amide bonds. The number of amides is 1. The van der Waals surface area contributed by atoms with Crippen molar-refractivity contribution in [2.45, 2.75) is 25.6 Å². The molecule has 4 rings (SSSR count). The van der Waals surface area contributed by atoms with Crippen LogP contribution in [0.15, 0.2) is 48.8 Å². The molecule has 1 atom stereocenters. The smallest absolute Gasteiger partial charge is 0.417 e. The molecule has 2 N–H and O–H groups in total. The Morgan fingerprint density at radius 3 is 2.82 bits per heavy atom. The molecule has 204 valence electrons. The van der Waals surface area contributed by atoms with Crippen molar-refractivity contribution in [3.8, 4) is 18.1 Å². The van der Waals surface area contributed by atoms with E-state index in [1.165, 1.54) is 24.5 Å². The van der Waals surface area contributed by atoms with Gasteiger partial charge in [-0.15, -0.1) is 6.42 Å². The lowest BCUT2D eigenvalue weighted by molar-refractivity contribution is -0.137. The number of carbonyl (C=O) groups is 1. The summed E-state index contributed by atoms with van der Waals surface area (Å²) in [5.74, 6) is 2.47. The highest BCUT2D eigenvalue weighted by molar-refractivity contribution is 6.03. The summed E-state index contributed by atoms with van der Waals surface area (Å²) in [5, 5.41) is 6.39. The van der Waals surface area contributed by atoms with Crippen molar-refractivity contribution in [3.05, 3.63) is 59.9 Å². The normalized spacial score (nSPS) is 15.6. The number of ether oxygens (including phenoxy) is 2. The number of rotatable bonds is 9. The average molecular weight is 540 g/mol. The molecule has 2 aromatic carbocycles. The summed E-state index contributed by atoms with van der Waals surface area (Å²) in [4.78, 5) is 23.3. The van der Waals surface area contributed by atoms with E-state index in [2.05, 4.69) is 26.5 Å². The van der Waals surface area contributed by atoms with Gasteiger partial charge >= 0.3 is 6.18 Å². The molecule has 1 saturated heterocycles. The number of nitrogens with zero attached hydrogens (tertiary/aromatic N) is 3. The molecular formula is C28H28F3N5O3. The first-order chi connectivity index (χ1) is 18.7. The van der Waals surface area contributed by atoms with Gasteiger partial charge in [-0.25, -0.2) is 9.97 Å².